The van der Waals surface area contributed by atoms with Crippen molar-refractivity contribution in [2.24, 2.45) is 0 Å². The first kappa shape index (κ1) is 18.6. The van der Waals surface area contributed by atoms with E-state index in [2.05, 4.69) is 0 Å². The van der Waals surface area contributed by atoms with Gasteiger partial charge < -0.3 is 0 Å². The second kappa shape index (κ2) is 6.76. The second-order valence-electron chi connectivity index (χ2n) is 5.16. The van der Waals surface area contributed by atoms with E-state index in [1.165, 1.54) is 6.92 Å². The predicted octanol–water partition coefficient (Wildman–Crippen LogP) is 0.697. The van der Waals surface area contributed by atoms with Gasteiger partial charge in [-0.3, -0.25) is 0 Å². The number of Topliss-reactive ketones (excluding diaryl/α,β-unsaturated/α-hetero) is 2. The molecule has 1 aliphatic rings. The number of ketones is 2. The van der Waals surface area contributed by atoms with Crippen LogP contribution in [0.5, 0.6) is 0 Å². The van der Waals surface area contributed by atoms with Crippen molar-refractivity contribution >= 4 is 49.1 Å². The maximum atomic E-state index is 12.4. The standard InChI is InChI=1S/C7H9O2.3C2H4O2.Sn/c1-5-6(8)3-2-4-7(5)9;3*1-2(3)4;/h2-4H2,1H3;3*1H3,(H,3,4);/q;;;;+3/p-3. The summed E-state index contributed by atoms with van der Waals surface area (Å²) < 4.78 is 13.4. The molecular formula is C13H18O8Sn. The van der Waals surface area contributed by atoms with Gasteiger partial charge >= 0.3 is 133 Å². The number of rotatable bonds is 4. The van der Waals surface area contributed by atoms with Gasteiger partial charge in [0.1, 0.15) is 0 Å². The minimum atomic E-state index is -5.53. The normalized spacial score (nSPS) is 17.6. The first-order valence-corrected chi connectivity index (χ1v) is 11.6. The zero-order valence-electron chi connectivity index (χ0n) is 12.9. The fraction of sp³-hybridized carbons (Fsp3) is 0.615. The molecule has 0 aromatic heterocycles. The van der Waals surface area contributed by atoms with Crippen molar-refractivity contribution in [1.29, 1.82) is 0 Å². The van der Waals surface area contributed by atoms with E-state index in [9.17, 15) is 24.0 Å². The van der Waals surface area contributed by atoms with E-state index in [0.29, 0.717) is 6.42 Å². The van der Waals surface area contributed by atoms with E-state index in [1.54, 1.807) is 0 Å². The Balaban J connectivity index is 3.51. The maximum absolute atomic E-state index is 12.4. The van der Waals surface area contributed by atoms with Crippen LogP contribution in [0.25, 0.3) is 0 Å². The third-order valence-electron chi connectivity index (χ3n) is 3.37. The van der Waals surface area contributed by atoms with Gasteiger partial charge in [0.05, 0.1) is 0 Å². The summed E-state index contributed by atoms with van der Waals surface area (Å²) in [4.78, 5) is 59.1. The van der Waals surface area contributed by atoms with Crippen molar-refractivity contribution in [2.75, 3.05) is 0 Å². The molecule has 0 amide bonds. The Bertz CT molecular complexity index is 481. The number of carbonyl (C=O) groups excluding carboxylic acids is 5. The van der Waals surface area contributed by atoms with Gasteiger partial charge in [-0.2, -0.15) is 0 Å². The average Bonchev–Trinajstić information content (AvgIpc) is 2.32. The van der Waals surface area contributed by atoms with Gasteiger partial charge in [0, 0.05) is 0 Å². The predicted molar refractivity (Wildman–Crippen MR) is 73.3 cm³/mol. The van der Waals surface area contributed by atoms with E-state index in [4.69, 9.17) is 9.22 Å². The van der Waals surface area contributed by atoms with Gasteiger partial charge in [0.25, 0.3) is 0 Å². The third-order valence-corrected chi connectivity index (χ3v) is 13.2. The van der Waals surface area contributed by atoms with Crippen LogP contribution in [0.4, 0.5) is 0 Å². The molecule has 1 aliphatic carbocycles. The van der Waals surface area contributed by atoms with Gasteiger partial charge in [-0.1, -0.05) is 0 Å². The van der Waals surface area contributed by atoms with Crippen LogP contribution in [0.3, 0.4) is 0 Å². The fourth-order valence-corrected chi connectivity index (χ4v) is 10.4. The number of hydrogen-bond donors (Lipinski definition) is 0. The van der Waals surface area contributed by atoms with E-state index < -0.39 is 52.5 Å². The molecule has 0 spiro atoms. The van der Waals surface area contributed by atoms with Crippen LogP contribution in [-0.4, -0.2) is 49.1 Å². The first-order valence-electron chi connectivity index (χ1n) is 6.70. The molecule has 0 radical (unpaired) electrons. The molecule has 0 bridgehead atoms. The number of carbonyl (C=O) groups is 5. The van der Waals surface area contributed by atoms with E-state index in [-0.39, 0.29) is 12.8 Å². The SMILES string of the molecule is CC(=O)[O][Sn]([O]C(C)=O)([O]C(C)=O)[C]1(C)C(=O)CCCC1=O. The molecule has 0 aliphatic heterocycles. The molecular weight excluding hydrogens is 403 g/mol. The summed E-state index contributed by atoms with van der Waals surface area (Å²) in [7, 11) is 0. The average molecular weight is 421 g/mol. The topological polar surface area (TPSA) is 113 Å². The fourth-order valence-electron chi connectivity index (χ4n) is 2.34. The molecule has 0 unspecified atom stereocenters. The molecule has 0 N–H and O–H groups in total. The third kappa shape index (κ3) is 3.47. The van der Waals surface area contributed by atoms with Crippen molar-refractivity contribution < 1.29 is 33.2 Å². The van der Waals surface area contributed by atoms with E-state index in [1.807, 2.05) is 0 Å². The Kier molecular flexibility index (Phi) is 5.71. The van der Waals surface area contributed by atoms with Gasteiger partial charge in [0.15, 0.2) is 0 Å². The molecule has 1 fully saturated rings. The molecule has 0 aromatic carbocycles. The van der Waals surface area contributed by atoms with Gasteiger partial charge in [-0.25, -0.2) is 0 Å². The Morgan fingerprint density at radius 3 is 1.45 bits per heavy atom. The monoisotopic (exact) mass is 422 g/mol. The Morgan fingerprint density at radius 1 is 0.864 bits per heavy atom. The van der Waals surface area contributed by atoms with Crippen molar-refractivity contribution in [3.63, 3.8) is 0 Å². The summed E-state index contributed by atoms with van der Waals surface area (Å²) in [6.07, 6.45) is 0.477. The van der Waals surface area contributed by atoms with Gasteiger partial charge in [0.2, 0.25) is 0 Å². The van der Waals surface area contributed by atoms with E-state index >= 15 is 0 Å². The van der Waals surface area contributed by atoms with E-state index in [0.717, 1.165) is 20.8 Å². The molecule has 0 aromatic rings. The first-order chi connectivity index (χ1) is 10.0. The van der Waals surface area contributed by atoms with Crippen LogP contribution in [0, 0.1) is 0 Å². The molecule has 1 rings (SSSR count). The number of hydrogen-bond acceptors (Lipinski definition) is 8. The molecule has 0 saturated heterocycles. The van der Waals surface area contributed by atoms with Crippen molar-refractivity contribution in [3.05, 3.63) is 0 Å². The minimum absolute atomic E-state index is 0.0602. The summed E-state index contributed by atoms with van der Waals surface area (Å²) in [6.45, 7) is 4.32. The van der Waals surface area contributed by atoms with Gasteiger partial charge in [-0.05, 0) is 0 Å². The molecule has 122 valence electrons. The van der Waals surface area contributed by atoms with Crippen LogP contribution in [0.15, 0.2) is 0 Å². The molecule has 0 atom stereocenters. The Morgan fingerprint density at radius 2 is 1.18 bits per heavy atom. The summed E-state index contributed by atoms with van der Waals surface area (Å²) in [6, 6.07) is 0. The molecule has 1 saturated carbocycles. The molecule has 8 nitrogen and oxygen atoms in total. The Hall–Kier alpha value is -1.45. The molecule has 22 heavy (non-hydrogen) atoms. The second-order valence-corrected chi connectivity index (χ2v) is 12.9. The molecule has 0 heterocycles. The summed E-state index contributed by atoms with van der Waals surface area (Å²) in [5.41, 5.74) is 0. The van der Waals surface area contributed by atoms with Crippen LogP contribution in [0.2, 0.25) is 3.43 Å². The van der Waals surface area contributed by atoms with Crippen molar-refractivity contribution in [1.82, 2.24) is 0 Å². The summed E-state index contributed by atoms with van der Waals surface area (Å²) in [5.74, 6) is -3.73. The zero-order chi connectivity index (χ0) is 17.1. The van der Waals surface area contributed by atoms with Crippen LogP contribution < -0.4 is 0 Å². The zero-order valence-corrected chi connectivity index (χ0v) is 15.7. The van der Waals surface area contributed by atoms with Gasteiger partial charge in [-0.15, -0.1) is 0 Å². The van der Waals surface area contributed by atoms with Crippen molar-refractivity contribution in [3.8, 4) is 0 Å². The summed E-state index contributed by atoms with van der Waals surface area (Å²) in [5, 5.41) is 0. The quantitative estimate of drug-likeness (QED) is 0.482. The summed E-state index contributed by atoms with van der Waals surface area (Å²) >= 11 is -5.53. The van der Waals surface area contributed by atoms with Crippen LogP contribution >= 0.6 is 0 Å². The van der Waals surface area contributed by atoms with Crippen LogP contribution in [0.1, 0.15) is 47.0 Å². The Labute approximate surface area is 133 Å². The van der Waals surface area contributed by atoms with Crippen molar-refractivity contribution in [2.45, 2.75) is 50.4 Å². The van der Waals surface area contributed by atoms with Crippen LogP contribution in [-0.2, 0) is 33.2 Å². The molecule has 9 heteroatoms.